The average Bonchev–Trinajstić information content (AvgIpc) is 3.03. The molecule has 28 heavy (non-hydrogen) atoms. The van der Waals surface area contributed by atoms with E-state index in [1.807, 2.05) is 30.3 Å². The zero-order chi connectivity index (χ0) is 20.4. The summed E-state index contributed by atoms with van der Waals surface area (Å²) in [5.41, 5.74) is -1.65. The van der Waals surface area contributed by atoms with Crippen LogP contribution in [0.15, 0.2) is 54.6 Å². The van der Waals surface area contributed by atoms with Crippen LogP contribution in [0.3, 0.4) is 0 Å². The molecule has 0 aromatic heterocycles. The van der Waals surface area contributed by atoms with Gasteiger partial charge in [-0.1, -0.05) is 30.3 Å². The van der Waals surface area contributed by atoms with Crippen molar-refractivity contribution >= 4 is 11.9 Å². The number of nitrogens with two attached hydrogens (primary N) is 1. The molecule has 1 unspecified atom stereocenters. The highest BCUT2D eigenvalue weighted by Crippen LogP contribution is 2.33. The second-order valence-electron chi connectivity index (χ2n) is 7.60. The van der Waals surface area contributed by atoms with Crippen LogP contribution in [0.5, 0.6) is 11.5 Å². The molecule has 1 fully saturated rings. The van der Waals surface area contributed by atoms with Gasteiger partial charge in [-0.25, -0.2) is 15.6 Å². The van der Waals surface area contributed by atoms with Gasteiger partial charge < -0.3 is 9.47 Å². The number of carbonyl (C=O) groups excluding carboxylic acids is 2. The maximum Gasteiger partial charge on any atom is 0.427 e. The number of hydrogen-bond donors (Lipinski definition) is 2. The lowest BCUT2D eigenvalue weighted by Crippen LogP contribution is -2.63. The lowest BCUT2D eigenvalue weighted by atomic mass is 9.95. The number of nitrogens with one attached hydrogen (secondary N) is 1. The Kier molecular flexibility index (Phi) is 5.40. The van der Waals surface area contributed by atoms with E-state index in [2.05, 4.69) is 5.32 Å². The second kappa shape index (κ2) is 7.61. The van der Waals surface area contributed by atoms with Crippen molar-refractivity contribution in [3.8, 4) is 11.5 Å². The van der Waals surface area contributed by atoms with Crippen LogP contribution in [0.4, 0.5) is 4.79 Å². The fraction of sp³-hybridized carbons (Fsp3) is 0.333. The number of rotatable bonds is 4. The Bertz CT molecular complexity index is 846. The normalized spacial score (nSPS) is 19.4. The predicted octanol–water partition coefficient (Wildman–Crippen LogP) is 3.30. The molecule has 0 saturated carbocycles. The molecule has 0 aliphatic carbocycles. The Morgan fingerprint density at radius 2 is 1.68 bits per heavy atom. The third kappa shape index (κ3) is 4.00. The summed E-state index contributed by atoms with van der Waals surface area (Å²) < 4.78 is 11.1. The molecule has 1 amide bonds. The number of nitrogens with zero attached hydrogens (tertiary/aromatic N) is 1. The van der Waals surface area contributed by atoms with Gasteiger partial charge >= 0.3 is 6.09 Å². The van der Waals surface area contributed by atoms with Crippen LogP contribution in [-0.4, -0.2) is 29.0 Å². The van der Waals surface area contributed by atoms with Crippen LogP contribution in [0.1, 0.15) is 32.8 Å². The van der Waals surface area contributed by atoms with Crippen molar-refractivity contribution in [3.05, 3.63) is 60.2 Å². The molecule has 3 N–H and O–H groups in total. The number of para-hydroxylation sites is 1. The van der Waals surface area contributed by atoms with E-state index >= 15 is 0 Å². The highest BCUT2D eigenvalue weighted by molar-refractivity contribution is 5.94. The predicted molar refractivity (Wildman–Crippen MR) is 105 cm³/mol. The lowest BCUT2D eigenvalue weighted by molar-refractivity contribution is -0.130. The summed E-state index contributed by atoms with van der Waals surface area (Å²) in [6, 6.07) is 16.3. The van der Waals surface area contributed by atoms with Gasteiger partial charge in [-0.2, -0.15) is 0 Å². The van der Waals surface area contributed by atoms with Gasteiger partial charge in [0, 0.05) is 18.5 Å². The van der Waals surface area contributed by atoms with Gasteiger partial charge in [0.2, 0.25) is 0 Å². The number of ether oxygens (including phenoxy) is 2. The zero-order valence-corrected chi connectivity index (χ0v) is 16.3. The summed E-state index contributed by atoms with van der Waals surface area (Å²) in [5.74, 6) is 7.21. The summed E-state index contributed by atoms with van der Waals surface area (Å²) >= 11 is 0. The minimum Gasteiger partial charge on any atom is -0.457 e. The fourth-order valence-electron chi connectivity index (χ4n) is 3.09. The van der Waals surface area contributed by atoms with Crippen LogP contribution < -0.4 is 15.9 Å². The molecule has 0 bridgehead atoms. The standard InChI is InChI=1S/C21H25N3O4/c1-20(2,3)28-19(26)24(22)21(18(25)13-14-23-21)15-9-11-17(12-10-15)27-16-7-5-4-6-8-16/h4-12,23H,13-14,22H2,1-3H3. The van der Waals surface area contributed by atoms with Gasteiger partial charge in [-0.05, 0) is 45.0 Å². The Morgan fingerprint density at radius 3 is 2.21 bits per heavy atom. The number of carbonyl (C=O) groups is 2. The first-order valence-electron chi connectivity index (χ1n) is 9.12. The molecular formula is C21H25N3O4. The van der Waals surface area contributed by atoms with E-state index in [9.17, 15) is 9.59 Å². The Hall–Kier alpha value is -2.90. The molecular weight excluding hydrogens is 358 g/mol. The Balaban J connectivity index is 1.88. The largest absolute Gasteiger partial charge is 0.457 e. The summed E-state index contributed by atoms with van der Waals surface area (Å²) in [6.45, 7) is 5.64. The summed E-state index contributed by atoms with van der Waals surface area (Å²) in [7, 11) is 0. The average molecular weight is 383 g/mol. The van der Waals surface area contributed by atoms with E-state index in [0.29, 0.717) is 23.6 Å². The Morgan fingerprint density at radius 1 is 1.07 bits per heavy atom. The first-order chi connectivity index (χ1) is 13.2. The van der Waals surface area contributed by atoms with Crippen LogP contribution in [-0.2, 0) is 15.2 Å². The van der Waals surface area contributed by atoms with Crippen molar-refractivity contribution in [1.82, 2.24) is 10.3 Å². The van der Waals surface area contributed by atoms with Crippen molar-refractivity contribution in [2.24, 2.45) is 5.84 Å². The topological polar surface area (TPSA) is 93.9 Å². The quantitative estimate of drug-likeness (QED) is 0.478. The van der Waals surface area contributed by atoms with Gasteiger partial charge in [0.05, 0.1) is 0 Å². The van der Waals surface area contributed by atoms with Crippen LogP contribution >= 0.6 is 0 Å². The third-order valence-electron chi connectivity index (χ3n) is 4.34. The van der Waals surface area contributed by atoms with Gasteiger partial charge in [0.15, 0.2) is 11.4 Å². The fourth-order valence-corrected chi connectivity index (χ4v) is 3.09. The van der Waals surface area contributed by atoms with Gasteiger partial charge in [-0.15, -0.1) is 0 Å². The summed E-state index contributed by atoms with van der Waals surface area (Å²) in [4.78, 5) is 25.3. The Labute approximate surface area is 164 Å². The highest BCUT2D eigenvalue weighted by atomic mass is 16.6. The van der Waals surface area contributed by atoms with Crippen molar-refractivity contribution in [2.75, 3.05) is 6.54 Å². The summed E-state index contributed by atoms with van der Waals surface area (Å²) in [5, 5.41) is 3.93. The van der Waals surface area contributed by atoms with Crippen LogP contribution in [0.25, 0.3) is 0 Å². The van der Waals surface area contributed by atoms with Crippen molar-refractivity contribution in [3.63, 3.8) is 0 Å². The number of benzene rings is 2. The third-order valence-corrected chi connectivity index (χ3v) is 4.34. The van der Waals surface area contributed by atoms with Crippen molar-refractivity contribution in [2.45, 2.75) is 38.5 Å². The minimum absolute atomic E-state index is 0.197. The molecule has 7 heteroatoms. The smallest absolute Gasteiger partial charge is 0.427 e. The first-order valence-corrected chi connectivity index (χ1v) is 9.12. The molecule has 1 aliphatic heterocycles. The van der Waals surface area contributed by atoms with E-state index < -0.39 is 17.4 Å². The van der Waals surface area contributed by atoms with Gasteiger partial charge in [0.25, 0.3) is 0 Å². The summed E-state index contributed by atoms with van der Waals surface area (Å²) in [6.07, 6.45) is -0.515. The second-order valence-corrected chi connectivity index (χ2v) is 7.60. The lowest BCUT2D eigenvalue weighted by Gasteiger charge is -2.37. The monoisotopic (exact) mass is 383 g/mol. The zero-order valence-electron chi connectivity index (χ0n) is 16.3. The van der Waals surface area contributed by atoms with Crippen LogP contribution in [0, 0.1) is 0 Å². The molecule has 2 aromatic rings. The molecule has 0 spiro atoms. The molecule has 1 saturated heterocycles. The molecule has 1 heterocycles. The number of ketones is 1. The van der Waals surface area contributed by atoms with Crippen LogP contribution in [0.2, 0.25) is 0 Å². The molecule has 1 atom stereocenters. The number of hydrogen-bond acceptors (Lipinski definition) is 6. The van der Waals surface area contributed by atoms with Gasteiger partial charge in [0.1, 0.15) is 17.1 Å². The van der Waals surface area contributed by atoms with E-state index in [1.165, 1.54) is 0 Å². The molecule has 3 rings (SSSR count). The molecule has 2 aromatic carbocycles. The molecule has 0 radical (unpaired) electrons. The maximum atomic E-state index is 12.8. The molecule has 148 valence electrons. The number of hydrazine groups is 1. The van der Waals surface area contributed by atoms with E-state index in [-0.39, 0.29) is 12.2 Å². The molecule has 1 aliphatic rings. The van der Waals surface area contributed by atoms with Crippen molar-refractivity contribution in [1.29, 1.82) is 0 Å². The van der Waals surface area contributed by atoms with Crippen molar-refractivity contribution < 1.29 is 19.1 Å². The number of amides is 1. The first kappa shape index (κ1) is 19.9. The maximum absolute atomic E-state index is 12.8. The van der Waals surface area contributed by atoms with E-state index in [0.717, 1.165) is 5.01 Å². The molecule has 7 nitrogen and oxygen atoms in total. The highest BCUT2D eigenvalue weighted by Gasteiger charge is 2.50. The number of Topliss-reactive ketones (excluding diaryl/α,β-unsaturated/α-hetero) is 1. The minimum atomic E-state index is -1.46. The van der Waals surface area contributed by atoms with Gasteiger partial charge in [-0.3, -0.25) is 10.1 Å². The SMILES string of the molecule is CC(C)(C)OC(=O)N(N)C1(c2ccc(Oc3ccccc3)cc2)NCCC1=O. The van der Waals surface area contributed by atoms with E-state index in [1.54, 1.807) is 45.0 Å². The van der Waals surface area contributed by atoms with E-state index in [4.69, 9.17) is 15.3 Å².